The lowest BCUT2D eigenvalue weighted by Crippen LogP contribution is -2.11. The number of aliphatic hydroxyl groups excluding tert-OH is 1. The van der Waals surface area contributed by atoms with Crippen molar-refractivity contribution in [2.75, 3.05) is 11.9 Å². The van der Waals surface area contributed by atoms with E-state index in [0.29, 0.717) is 5.56 Å². The summed E-state index contributed by atoms with van der Waals surface area (Å²) in [5.74, 6) is 5.22. The van der Waals surface area contributed by atoms with Crippen molar-refractivity contribution in [3.63, 3.8) is 0 Å². The van der Waals surface area contributed by atoms with Gasteiger partial charge in [-0.15, -0.1) is 0 Å². The van der Waals surface area contributed by atoms with Crippen molar-refractivity contribution in [1.82, 2.24) is 0 Å². The minimum atomic E-state index is -0.171. The van der Waals surface area contributed by atoms with Gasteiger partial charge < -0.3 is 10.4 Å². The van der Waals surface area contributed by atoms with Crippen molar-refractivity contribution >= 4 is 11.6 Å². The fourth-order valence-electron chi connectivity index (χ4n) is 1.92. The molecule has 0 saturated heterocycles. The Morgan fingerprint density at radius 2 is 1.95 bits per heavy atom. The van der Waals surface area contributed by atoms with Crippen LogP contribution in [0.15, 0.2) is 48.5 Å². The van der Waals surface area contributed by atoms with Crippen LogP contribution in [-0.4, -0.2) is 17.6 Å². The zero-order chi connectivity index (χ0) is 15.1. The lowest BCUT2D eigenvalue weighted by molar-refractivity contribution is 0.102. The van der Waals surface area contributed by atoms with E-state index in [0.717, 1.165) is 17.7 Å². The molecule has 21 heavy (non-hydrogen) atoms. The van der Waals surface area contributed by atoms with E-state index in [1.54, 1.807) is 24.3 Å². The first-order valence-corrected chi connectivity index (χ1v) is 6.83. The quantitative estimate of drug-likeness (QED) is 0.849. The summed E-state index contributed by atoms with van der Waals surface area (Å²) in [6.07, 6.45) is 0.932. The van der Waals surface area contributed by atoms with Crippen molar-refractivity contribution in [1.29, 1.82) is 0 Å². The number of hydrogen-bond acceptors (Lipinski definition) is 2. The lowest BCUT2D eigenvalue weighted by Gasteiger charge is -2.06. The van der Waals surface area contributed by atoms with E-state index in [4.69, 9.17) is 5.11 Å². The average molecular weight is 279 g/mol. The molecule has 0 aromatic heterocycles. The van der Waals surface area contributed by atoms with Gasteiger partial charge in [-0.1, -0.05) is 30.9 Å². The topological polar surface area (TPSA) is 49.3 Å². The third-order valence-corrected chi connectivity index (χ3v) is 3.05. The summed E-state index contributed by atoms with van der Waals surface area (Å²) in [4.78, 5) is 12.2. The van der Waals surface area contributed by atoms with Gasteiger partial charge in [0.25, 0.3) is 5.91 Å². The van der Waals surface area contributed by atoms with Crippen molar-refractivity contribution in [2.45, 2.75) is 13.3 Å². The van der Waals surface area contributed by atoms with Gasteiger partial charge in [0.2, 0.25) is 0 Å². The van der Waals surface area contributed by atoms with Crippen molar-refractivity contribution in [3.05, 3.63) is 65.2 Å². The number of aryl methyl sites for hydroxylation is 1. The maximum atomic E-state index is 12.2. The number of nitrogens with one attached hydrogen (secondary N) is 1. The summed E-state index contributed by atoms with van der Waals surface area (Å²) in [7, 11) is 0. The molecule has 2 N–H and O–H groups in total. The van der Waals surface area contributed by atoms with E-state index in [9.17, 15) is 4.79 Å². The second-order valence-electron chi connectivity index (χ2n) is 4.55. The zero-order valence-corrected chi connectivity index (χ0v) is 11.9. The van der Waals surface area contributed by atoms with Gasteiger partial charge in [-0.3, -0.25) is 4.79 Å². The molecule has 0 aliphatic carbocycles. The van der Waals surface area contributed by atoms with Gasteiger partial charge in [-0.05, 0) is 48.4 Å². The molecular formula is C18H17NO2. The summed E-state index contributed by atoms with van der Waals surface area (Å²) in [6, 6.07) is 14.8. The number of anilines is 1. The van der Waals surface area contributed by atoms with Crippen LogP contribution >= 0.6 is 0 Å². The summed E-state index contributed by atoms with van der Waals surface area (Å²) < 4.78 is 0. The van der Waals surface area contributed by atoms with E-state index in [-0.39, 0.29) is 12.5 Å². The maximum Gasteiger partial charge on any atom is 0.255 e. The van der Waals surface area contributed by atoms with E-state index >= 15 is 0 Å². The average Bonchev–Trinajstić information content (AvgIpc) is 2.53. The molecule has 0 unspecified atom stereocenters. The van der Waals surface area contributed by atoms with Crippen LogP contribution in [0.25, 0.3) is 0 Å². The van der Waals surface area contributed by atoms with Crippen molar-refractivity contribution < 1.29 is 9.90 Å². The Bertz CT molecular complexity index is 678. The maximum absolute atomic E-state index is 12.2. The Hall–Kier alpha value is -2.57. The van der Waals surface area contributed by atoms with Crippen LogP contribution in [0, 0.1) is 11.8 Å². The first-order valence-electron chi connectivity index (χ1n) is 6.83. The van der Waals surface area contributed by atoms with Crippen LogP contribution < -0.4 is 5.32 Å². The summed E-state index contributed by atoms with van der Waals surface area (Å²) in [5, 5.41) is 11.5. The number of hydrogen-bond donors (Lipinski definition) is 2. The molecule has 0 saturated carbocycles. The molecule has 0 fully saturated rings. The monoisotopic (exact) mass is 279 g/mol. The number of benzene rings is 2. The standard InChI is InChI=1S/C18H17NO2/c1-2-14-5-3-7-17(13-14)19-18(21)16-10-8-15(9-11-16)6-4-12-20/h3,5,7-11,13,20H,2,12H2,1H3,(H,19,21). The van der Waals surface area contributed by atoms with Crippen LogP contribution in [0.3, 0.4) is 0 Å². The molecule has 0 atom stereocenters. The molecule has 1 amide bonds. The Balaban J connectivity index is 2.09. The summed E-state index contributed by atoms with van der Waals surface area (Å²) in [5.41, 5.74) is 3.32. The molecular weight excluding hydrogens is 262 g/mol. The molecule has 0 radical (unpaired) electrons. The molecule has 106 valence electrons. The smallest absolute Gasteiger partial charge is 0.255 e. The molecule has 0 heterocycles. The second kappa shape index (κ2) is 7.28. The lowest BCUT2D eigenvalue weighted by atomic mass is 10.1. The van der Waals surface area contributed by atoms with Gasteiger partial charge in [-0.25, -0.2) is 0 Å². The number of carbonyl (C=O) groups excluding carboxylic acids is 1. The molecule has 0 aliphatic rings. The minimum absolute atomic E-state index is 0.148. The Morgan fingerprint density at radius 3 is 2.62 bits per heavy atom. The normalized spacial score (nSPS) is 9.62. The van der Waals surface area contributed by atoms with Crippen molar-refractivity contribution in [2.24, 2.45) is 0 Å². The highest BCUT2D eigenvalue weighted by Crippen LogP contribution is 2.13. The molecule has 0 aliphatic heterocycles. The molecule has 2 aromatic carbocycles. The molecule has 0 spiro atoms. The molecule has 2 rings (SSSR count). The summed E-state index contributed by atoms with van der Waals surface area (Å²) >= 11 is 0. The van der Waals surface area contributed by atoms with E-state index in [1.165, 1.54) is 5.56 Å². The predicted octanol–water partition coefficient (Wildman–Crippen LogP) is 2.85. The van der Waals surface area contributed by atoms with Crippen LogP contribution in [0.1, 0.15) is 28.4 Å². The fourth-order valence-corrected chi connectivity index (χ4v) is 1.92. The zero-order valence-electron chi connectivity index (χ0n) is 11.9. The Kier molecular flexibility index (Phi) is 5.14. The Morgan fingerprint density at radius 1 is 1.19 bits per heavy atom. The highest BCUT2D eigenvalue weighted by molar-refractivity contribution is 6.04. The number of amides is 1. The van der Waals surface area contributed by atoms with Crippen LogP contribution in [0.4, 0.5) is 5.69 Å². The van der Waals surface area contributed by atoms with Crippen LogP contribution in [0.2, 0.25) is 0 Å². The van der Waals surface area contributed by atoms with E-state index in [2.05, 4.69) is 24.1 Å². The third kappa shape index (κ3) is 4.20. The number of carbonyl (C=O) groups is 1. The first-order chi connectivity index (χ1) is 10.2. The minimum Gasteiger partial charge on any atom is -0.384 e. The van der Waals surface area contributed by atoms with Crippen LogP contribution in [0.5, 0.6) is 0 Å². The van der Waals surface area contributed by atoms with Gasteiger partial charge in [0.05, 0.1) is 0 Å². The SMILES string of the molecule is CCc1cccc(NC(=O)c2ccc(C#CCO)cc2)c1. The van der Waals surface area contributed by atoms with Gasteiger partial charge in [-0.2, -0.15) is 0 Å². The molecule has 2 aromatic rings. The fraction of sp³-hybridized carbons (Fsp3) is 0.167. The molecule has 0 bridgehead atoms. The van der Waals surface area contributed by atoms with Gasteiger partial charge in [0.15, 0.2) is 0 Å². The third-order valence-electron chi connectivity index (χ3n) is 3.05. The van der Waals surface area contributed by atoms with Gasteiger partial charge in [0.1, 0.15) is 6.61 Å². The van der Waals surface area contributed by atoms with E-state index in [1.807, 2.05) is 24.3 Å². The van der Waals surface area contributed by atoms with Crippen molar-refractivity contribution in [3.8, 4) is 11.8 Å². The first kappa shape index (κ1) is 14.8. The molecule has 3 heteroatoms. The van der Waals surface area contributed by atoms with E-state index < -0.39 is 0 Å². The Labute approximate surface area is 124 Å². The summed E-state index contributed by atoms with van der Waals surface area (Å²) in [6.45, 7) is 1.91. The largest absolute Gasteiger partial charge is 0.384 e. The molecule has 3 nitrogen and oxygen atoms in total. The second-order valence-corrected chi connectivity index (χ2v) is 4.55. The predicted molar refractivity (Wildman–Crippen MR) is 84.2 cm³/mol. The van der Waals surface area contributed by atoms with Gasteiger partial charge >= 0.3 is 0 Å². The van der Waals surface area contributed by atoms with Crippen LogP contribution in [-0.2, 0) is 6.42 Å². The highest BCUT2D eigenvalue weighted by atomic mass is 16.2. The number of rotatable bonds is 3. The number of aliphatic hydroxyl groups is 1. The highest BCUT2D eigenvalue weighted by Gasteiger charge is 2.05. The van der Waals surface area contributed by atoms with Gasteiger partial charge in [0, 0.05) is 16.8 Å².